The zero-order valence-electron chi connectivity index (χ0n) is 16.1. The summed E-state index contributed by atoms with van der Waals surface area (Å²) in [6, 6.07) is 16.8. The third-order valence-corrected chi connectivity index (χ3v) is 5.77. The Morgan fingerprint density at radius 1 is 1.15 bits per heavy atom. The fourth-order valence-electron chi connectivity index (χ4n) is 4.31. The van der Waals surface area contributed by atoms with Gasteiger partial charge in [-0.1, -0.05) is 24.3 Å². The average Bonchev–Trinajstić information content (AvgIpc) is 3.04. The Bertz CT molecular complexity index is 815. The fourth-order valence-corrected chi connectivity index (χ4v) is 4.31. The highest BCUT2D eigenvalue weighted by Gasteiger charge is 2.33. The van der Waals surface area contributed by atoms with Gasteiger partial charge >= 0.3 is 0 Å². The van der Waals surface area contributed by atoms with Crippen molar-refractivity contribution in [3.05, 3.63) is 54.1 Å². The SMILES string of the molecule is COc1cccc(N2CC[NH+](CC(=O)N3c4ccccc4C[C@H]3C)CC2)c1. The second-order valence-corrected chi connectivity index (χ2v) is 7.56. The lowest BCUT2D eigenvalue weighted by atomic mass is 10.1. The van der Waals surface area contributed by atoms with Gasteiger partial charge in [0.2, 0.25) is 0 Å². The quantitative estimate of drug-likeness (QED) is 0.888. The van der Waals surface area contributed by atoms with Crippen molar-refractivity contribution in [2.45, 2.75) is 19.4 Å². The highest BCUT2D eigenvalue weighted by Crippen LogP contribution is 2.31. The van der Waals surface area contributed by atoms with Gasteiger partial charge in [0.1, 0.15) is 5.75 Å². The minimum Gasteiger partial charge on any atom is -0.497 e. The monoisotopic (exact) mass is 366 g/mol. The van der Waals surface area contributed by atoms with Crippen LogP contribution >= 0.6 is 0 Å². The van der Waals surface area contributed by atoms with Crippen LogP contribution in [0.1, 0.15) is 12.5 Å². The Labute approximate surface area is 161 Å². The zero-order chi connectivity index (χ0) is 18.8. The molecule has 1 amide bonds. The normalized spacial score (nSPS) is 19.9. The average molecular weight is 366 g/mol. The molecule has 2 aliphatic heterocycles. The maximum absolute atomic E-state index is 13.0. The molecular formula is C22H28N3O2+. The van der Waals surface area contributed by atoms with E-state index < -0.39 is 0 Å². The van der Waals surface area contributed by atoms with Gasteiger partial charge in [-0.05, 0) is 37.1 Å². The molecule has 0 unspecified atom stereocenters. The number of anilines is 2. The summed E-state index contributed by atoms with van der Waals surface area (Å²) >= 11 is 0. The summed E-state index contributed by atoms with van der Waals surface area (Å²) in [6.07, 6.45) is 0.959. The number of nitrogens with zero attached hydrogens (tertiary/aromatic N) is 2. The van der Waals surface area contributed by atoms with Crippen molar-refractivity contribution in [1.29, 1.82) is 0 Å². The number of piperazine rings is 1. The summed E-state index contributed by atoms with van der Waals surface area (Å²) in [7, 11) is 1.70. The van der Waals surface area contributed by atoms with Crippen LogP contribution in [0.15, 0.2) is 48.5 Å². The largest absolute Gasteiger partial charge is 0.497 e. The molecular weight excluding hydrogens is 338 g/mol. The van der Waals surface area contributed by atoms with Gasteiger partial charge in [-0.2, -0.15) is 0 Å². The van der Waals surface area contributed by atoms with E-state index in [1.807, 2.05) is 23.1 Å². The smallest absolute Gasteiger partial charge is 0.282 e. The Balaban J connectivity index is 1.36. The van der Waals surface area contributed by atoms with Gasteiger partial charge in [-0.3, -0.25) is 4.79 Å². The summed E-state index contributed by atoms with van der Waals surface area (Å²) in [5.74, 6) is 1.14. The third kappa shape index (κ3) is 3.65. The maximum atomic E-state index is 13.0. The summed E-state index contributed by atoms with van der Waals surface area (Å²) in [5, 5.41) is 0. The van der Waals surface area contributed by atoms with Crippen molar-refractivity contribution in [3.8, 4) is 5.75 Å². The van der Waals surface area contributed by atoms with Crippen LogP contribution in [0.25, 0.3) is 0 Å². The summed E-state index contributed by atoms with van der Waals surface area (Å²) < 4.78 is 5.33. The van der Waals surface area contributed by atoms with Crippen LogP contribution in [0.2, 0.25) is 0 Å². The molecule has 2 aliphatic rings. The second kappa shape index (κ2) is 7.61. The van der Waals surface area contributed by atoms with Crippen LogP contribution in [0.5, 0.6) is 5.75 Å². The molecule has 0 aromatic heterocycles. The number of methoxy groups -OCH3 is 1. The maximum Gasteiger partial charge on any atom is 0.282 e. The first kappa shape index (κ1) is 17.9. The molecule has 2 aromatic carbocycles. The molecule has 4 rings (SSSR count). The van der Waals surface area contributed by atoms with Gasteiger partial charge < -0.3 is 19.4 Å². The van der Waals surface area contributed by atoms with Gasteiger partial charge in [0.25, 0.3) is 5.91 Å². The number of fused-ring (bicyclic) bond motifs is 1. The Morgan fingerprint density at radius 2 is 1.93 bits per heavy atom. The first-order valence-electron chi connectivity index (χ1n) is 9.78. The molecule has 0 spiro atoms. The third-order valence-electron chi connectivity index (χ3n) is 5.77. The van der Waals surface area contributed by atoms with Gasteiger partial charge in [0.15, 0.2) is 6.54 Å². The number of hydrogen-bond donors (Lipinski definition) is 1. The molecule has 1 N–H and O–H groups in total. The molecule has 0 bridgehead atoms. The minimum atomic E-state index is 0.247. The van der Waals surface area contributed by atoms with Crippen molar-refractivity contribution >= 4 is 17.3 Å². The Morgan fingerprint density at radius 3 is 2.70 bits per heavy atom. The van der Waals surface area contributed by atoms with E-state index in [-0.39, 0.29) is 11.9 Å². The topological polar surface area (TPSA) is 37.2 Å². The number of quaternary nitrogens is 1. The predicted molar refractivity (Wildman–Crippen MR) is 108 cm³/mol. The molecule has 142 valence electrons. The van der Waals surface area contributed by atoms with E-state index in [4.69, 9.17) is 4.74 Å². The zero-order valence-corrected chi connectivity index (χ0v) is 16.1. The molecule has 1 fully saturated rings. The van der Waals surface area contributed by atoms with Crippen LogP contribution in [-0.4, -0.2) is 51.8 Å². The van der Waals surface area contributed by atoms with Gasteiger partial charge in [-0.25, -0.2) is 0 Å². The molecule has 0 radical (unpaired) electrons. The molecule has 1 saturated heterocycles. The molecule has 5 nitrogen and oxygen atoms in total. The van der Waals surface area contributed by atoms with E-state index in [2.05, 4.69) is 42.2 Å². The number of hydrogen-bond acceptors (Lipinski definition) is 3. The first-order chi connectivity index (χ1) is 13.2. The molecule has 0 saturated carbocycles. The van der Waals surface area contributed by atoms with E-state index in [1.165, 1.54) is 16.2 Å². The highest BCUT2D eigenvalue weighted by molar-refractivity contribution is 5.96. The van der Waals surface area contributed by atoms with Crippen molar-refractivity contribution in [2.24, 2.45) is 0 Å². The fraction of sp³-hybridized carbons (Fsp3) is 0.409. The van der Waals surface area contributed by atoms with E-state index in [0.717, 1.165) is 44.0 Å². The van der Waals surface area contributed by atoms with Crippen molar-refractivity contribution in [3.63, 3.8) is 0 Å². The molecule has 2 aromatic rings. The molecule has 0 aliphatic carbocycles. The van der Waals surface area contributed by atoms with Crippen LogP contribution in [0, 0.1) is 0 Å². The number of carbonyl (C=O) groups excluding carboxylic acids is 1. The molecule has 27 heavy (non-hydrogen) atoms. The molecule has 1 atom stereocenters. The van der Waals surface area contributed by atoms with Gasteiger partial charge in [0.05, 0.1) is 33.3 Å². The highest BCUT2D eigenvalue weighted by atomic mass is 16.5. The molecule has 2 heterocycles. The van der Waals surface area contributed by atoms with Crippen LogP contribution in [0.3, 0.4) is 0 Å². The van der Waals surface area contributed by atoms with Crippen LogP contribution in [-0.2, 0) is 11.2 Å². The van der Waals surface area contributed by atoms with Gasteiger partial charge in [-0.15, -0.1) is 0 Å². The van der Waals surface area contributed by atoms with Crippen molar-refractivity contribution in [2.75, 3.05) is 49.6 Å². The number of rotatable bonds is 4. The number of nitrogens with one attached hydrogen (secondary N) is 1. The van der Waals surface area contributed by atoms with Gasteiger partial charge in [0, 0.05) is 23.5 Å². The number of benzene rings is 2. The van der Waals surface area contributed by atoms with Crippen molar-refractivity contribution in [1.82, 2.24) is 0 Å². The van der Waals surface area contributed by atoms with Crippen LogP contribution in [0.4, 0.5) is 11.4 Å². The Kier molecular flexibility index (Phi) is 5.03. The lowest BCUT2D eigenvalue weighted by Crippen LogP contribution is -3.16. The number of para-hydroxylation sites is 1. The number of amides is 1. The Hall–Kier alpha value is -2.53. The van der Waals surface area contributed by atoms with Crippen LogP contribution < -0.4 is 19.4 Å². The standard InChI is InChI=1S/C22H27N3O2/c1-17-14-18-6-3-4-9-21(18)25(17)22(26)16-23-10-12-24(13-11-23)19-7-5-8-20(15-19)27-2/h3-9,15,17H,10-14,16H2,1-2H3/p+1/t17-/m1/s1. The summed E-state index contributed by atoms with van der Waals surface area (Å²) in [4.78, 5) is 18.8. The van der Waals surface area contributed by atoms with E-state index >= 15 is 0 Å². The van der Waals surface area contributed by atoms with E-state index in [9.17, 15) is 4.79 Å². The predicted octanol–water partition coefficient (Wildman–Crippen LogP) is 1.38. The minimum absolute atomic E-state index is 0.247. The summed E-state index contributed by atoms with van der Waals surface area (Å²) in [6.45, 7) is 6.60. The van der Waals surface area contributed by atoms with E-state index in [1.54, 1.807) is 7.11 Å². The number of ether oxygens (including phenoxy) is 1. The lowest BCUT2D eigenvalue weighted by molar-refractivity contribution is -0.892. The van der Waals surface area contributed by atoms with E-state index in [0.29, 0.717) is 6.54 Å². The lowest BCUT2D eigenvalue weighted by Gasteiger charge is -2.34. The number of carbonyl (C=O) groups is 1. The first-order valence-corrected chi connectivity index (χ1v) is 9.78. The van der Waals surface area contributed by atoms with Crippen molar-refractivity contribution < 1.29 is 14.4 Å². The molecule has 5 heteroatoms. The summed E-state index contributed by atoms with van der Waals surface area (Å²) in [5.41, 5.74) is 3.59. The second-order valence-electron chi connectivity index (χ2n) is 7.56.